The first-order valence-corrected chi connectivity index (χ1v) is 14.2. The van der Waals surface area contributed by atoms with E-state index in [2.05, 4.69) is 91.6 Å². The molecule has 1 aliphatic rings. The van der Waals surface area contributed by atoms with E-state index in [1.165, 1.54) is 10.4 Å². The van der Waals surface area contributed by atoms with Crippen LogP contribution in [0.25, 0.3) is 10.4 Å². The third-order valence-electron chi connectivity index (χ3n) is 6.83. The number of ketones is 1. The fourth-order valence-corrected chi connectivity index (χ4v) is 5.12. The second-order valence-electron chi connectivity index (χ2n) is 13.4. The first kappa shape index (κ1) is 30.2. The zero-order valence-electron chi connectivity index (χ0n) is 24.4. The van der Waals surface area contributed by atoms with Gasteiger partial charge < -0.3 is 4.90 Å². The van der Waals surface area contributed by atoms with Gasteiger partial charge in [0, 0.05) is 18.9 Å². The summed E-state index contributed by atoms with van der Waals surface area (Å²) in [5, 5.41) is 0. The van der Waals surface area contributed by atoms with Gasteiger partial charge in [0.25, 0.3) is 0 Å². The van der Waals surface area contributed by atoms with Crippen molar-refractivity contribution in [1.82, 2.24) is 9.88 Å². The summed E-state index contributed by atoms with van der Waals surface area (Å²) >= 11 is 1.65. The van der Waals surface area contributed by atoms with Crippen molar-refractivity contribution in [2.24, 2.45) is 22.7 Å². The van der Waals surface area contributed by atoms with E-state index in [-0.39, 0.29) is 35.0 Å². The highest BCUT2D eigenvalue weighted by Crippen LogP contribution is 2.34. The monoisotopic (exact) mass is 512 g/mol. The highest BCUT2D eigenvalue weighted by molar-refractivity contribution is 7.13. The molecule has 1 fully saturated rings. The number of nitrogens with zero attached hydrogens (tertiary/aromatic N) is 2. The molecule has 0 saturated carbocycles. The van der Waals surface area contributed by atoms with Crippen LogP contribution in [0.3, 0.4) is 0 Å². The van der Waals surface area contributed by atoms with Crippen LogP contribution in [0.4, 0.5) is 0 Å². The molecule has 1 amide bonds. The minimum Gasteiger partial charge on any atom is -0.332 e. The zero-order chi connectivity index (χ0) is 27.4. The van der Waals surface area contributed by atoms with Crippen LogP contribution < -0.4 is 0 Å². The Morgan fingerprint density at radius 3 is 2.08 bits per heavy atom. The molecule has 4 nitrogen and oxygen atoms in total. The Labute approximate surface area is 223 Å². The SMILES string of the molecule is CC(C)(C)C.Cc1ncsc1-c1ccc([C@H](C)CC(=O)[C@@H]2C[C@@H](C)CN2C(=O)[C@@H](C)C(C)(C)C)cc1. The van der Waals surface area contributed by atoms with E-state index >= 15 is 0 Å². The maximum absolute atomic E-state index is 13.3. The Morgan fingerprint density at radius 2 is 1.61 bits per heavy atom. The third kappa shape index (κ3) is 8.54. The molecule has 4 atom stereocenters. The number of hydrogen-bond acceptors (Lipinski definition) is 4. The summed E-state index contributed by atoms with van der Waals surface area (Å²) in [5.41, 5.74) is 5.63. The van der Waals surface area contributed by atoms with Crippen molar-refractivity contribution >= 4 is 23.0 Å². The molecule has 0 unspecified atom stereocenters. The quantitative estimate of drug-likeness (QED) is 0.392. The number of amides is 1. The highest BCUT2D eigenvalue weighted by atomic mass is 32.1. The van der Waals surface area contributed by atoms with Crippen molar-refractivity contribution in [2.45, 2.75) is 101 Å². The van der Waals surface area contributed by atoms with Crippen molar-refractivity contribution in [1.29, 1.82) is 0 Å². The van der Waals surface area contributed by atoms with Gasteiger partial charge in [-0.05, 0) is 47.1 Å². The molecule has 0 N–H and O–H groups in total. The molecule has 1 aromatic carbocycles. The van der Waals surface area contributed by atoms with Crippen LogP contribution in [0.5, 0.6) is 0 Å². The summed E-state index contributed by atoms with van der Waals surface area (Å²) in [6.07, 6.45) is 1.24. The molecule has 0 aliphatic carbocycles. The maximum atomic E-state index is 13.3. The van der Waals surface area contributed by atoms with Crippen LogP contribution in [0.15, 0.2) is 29.8 Å². The van der Waals surface area contributed by atoms with E-state index in [0.717, 1.165) is 17.7 Å². The van der Waals surface area contributed by atoms with E-state index in [9.17, 15) is 9.59 Å². The van der Waals surface area contributed by atoms with Gasteiger partial charge in [0.1, 0.15) is 0 Å². The van der Waals surface area contributed by atoms with Crippen LogP contribution in [0.1, 0.15) is 99.3 Å². The Balaban J connectivity index is 0.000000830. The summed E-state index contributed by atoms with van der Waals surface area (Å²) < 4.78 is 0. The minimum absolute atomic E-state index is 0.103. The van der Waals surface area contributed by atoms with Gasteiger partial charge in [-0.15, -0.1) is 11.3 Å². The van der Waals surface area contributed by atoms with E-state index in [0.29, 0.717) is 24.3 Å². The highest BCUT2D eigenvalue weighted by Gasteiger charge is 2.41. The lowest BCUT2D eigenvalue weighted by atomic mass is 9.81. The lowest BCUT2D eigenvalue weighted by Gasteiger charge is -2.33. The number of carbonyl (C=O) groups excluding carboxylic acids is 2. The standard InChI is InChI=1S/C26H36N2O2S.C5H12/c1-16-12-22(28(14-16)25(30)18(3)26(5,6)7)23(29)13-17(2)20-8-10-21(11-9-20)24-19(4)27-15-31-24;1-5(2,3)4/h8-11,15-18,22H,12-14H2,1-7H3;1-4H3/t16-,17-,18-,22+;/m1./s1. The smallest absolute Gasteiger partial charge is 0.226 e. The topological polar surface area (TPSA) is 50.3 Å². The van der Waals surface area contributed by atoms with E-state index in [4.69, 9.17) is 0 Å². The number of carbonyl (C=O) groups is 2. The molecule has 0 bridgehead atoms. The summed E-state index contributed by atoms with van der Waals surface area (Å²) in [4.78, 5) is 33.8. The largest absolute Gasteiger partial charge is 0.332 e. The van der Waals surface area contributed by atoms with Gasteiger partial charge in [-0.2, -0.15) is 0 Å². The first-order valence-electron chi connectivity index (χ1n) is 13.3. The number of aromatic nitrogens is 1. The molecule has 3 rings (SSSR count). The molecule has 0 radical (unpaired) electrons. The predicted molar refractivity (Wildman–Crippen MR) is 153 cm³/mol. The van der Waals surface area contributed by atoms with Crippen LogP contribution in [0.2, 0.25) is 0 Å². The van der Waals surface area contributed by atoms with Gasteiger partial charge in [-0.1, -0.05) is 93.5 Å². The van der Waals surface area contributed by atoms with Gasteiger partial charge in [0.05, 0.1) is 22.1 Å². The van der Waals surface area contributed by atoms with Crippen molar-refractivity contribution in [3.63, 3.8) is 0 Å². The third-order valence-corrected chi connectivity index (χ3v) is 7.81. The number of hydrogen-bond donors (Lipinski definition) is 0. The number of rotatable bonds is 6. The molecule has 2 heterocycles. The van der Waals surface area contributed by atoms with Crippen molar-refractivity contribution in [3.05, 3.63) is 41.0 Å². The average Bonchev–Trinajstić information content (AvgIpc) is 3.36. The van der Waals surface area contributed by atoms with Crippen molar-refractivity contribution in [3.8, 4) is 10.4 Å². The molecule has 36 heavy (non-hydrogen) atoms. The van der Waals surface area contributed by atoms with Crippen molar-refractivity contribution < 1.29 is 9.59 Å². The lowest BCUT2D eigenvalue weighted by Crippen LogP contribution is -2.46. The molecule has 0 spiro atoms. The van der Waals surface area contributed by atoms with Crippen LogP contribution in [-0.4, -0.2) is 34.2 Å². The Morgan fingerprint density at radius 1 is 1.06 bits per heavy atom. The van der Waals surface area contributed by atoms with Gasteiger partial charge in [-0.3, -0.25) is 9.59 Å². The van der Waals surface area contributed by atoms with Gasteiger partial charge >= 0.3 is 0 Å². The number of aryl methyl sites for hydroxylation is 1. The predicted octanol–water partition coefficient (Wildman–Crippen LogP) is 8.15. The van der Waals surface area contributed by atoms with Crippen LogP contribution in [0, 0.1) is 29.6 Å². The molecule has 1 saturated heterocycles. The summed E-state index contributed by atoms with van der Waals surface area (Å²) in [6, 6.07) is 8.20. The lowest BCUT2D eigenvalue weighted by molar-refractivity contribution is -0.143. The summed E-state index contributed by atoms with van der Waals surface area (Å²) in [6.45, 7) is 24.0. The Kier molecular flexibility index (Phi) is 10.1. The summed E-state index contributed by atoms with van der Waals surface area (Å²) in [7, 11) is 0. The second kappa shape index (κ2) is 12.0. The molecular formula is C31H48N2O2S. The first-order chi connectivity index (χ1) is 16.5. The number of Topliss-reactive ketones (excluding diaryl/α,β-unsaturated/α-hetero) is 1. The van der Waals surface area contributed by atoms with Gasteiger partial charge in [0.2, 0.25) is 5.91 Å². The van der Waals surface area contributed by atoms with E-state index in [1.54, 1.807) is 11.3 Å². The fourth-order valence-electron chi connectivity index (χ4n) is 4.31. The molecule has 2 aromatic rings. The Bertz CT molecular complexity index is 1000. The average molecular weight is 513 g/mol. The number of benzene rings is 1. The number of likely N-dealkylation sites (tertiary alicyclic amines) is 1. The molecule has 1 aromatic heterocycles. The fraction of sp³-hybridized carbons (Fsp3) is 0.645. The van der Waals surface area contributed by atoms with E-state index < -0.39 is 0 Å². The molecule has 200 valence electrons. The minimum atomic E-state index is -0.283. The Hall–Kier alpha value is -2.01. The zero-order valence-corrected chi connectivity index (χ0v) is 25.3. The van der Waals surface area contributed by atoms with Crippen molar-refractivity contribution in [2.75, 3.05) is 6.54 Å². The molecule has 1 aliphatic heterocycles. The van der Waals surface area contributed by atoms with Crippen LogP contribution >= 0.6 is 11.3 Å². The van der Waals surface area contributed by atoms with Gasteiger partial charge in [0.15, 0.2) is 5.78 Å². The van der Waals surface area contributed by atoms with Gasteiger partial charge in [-0.25, -0.2) is 4.98 Å². The number of thiazole rings is 1. The normalized spacial score (nSPS) is 19.9. The van der Waals surface area contributed by atoms with Crippen LogP contribution in [-0.2, 0) is 9.59 Å². The second-order valence-corrected chi connectivity index (χ2v) is 14.3. The molecular weight excluding hydrogens is 464 g/mol. The molecule has 5 heteroatoms. The summed E-state index contributed by atoms with van der Waals surface area (Å²) in [5.74, 6) is 0.688. The van der Waals surface area contributed by atoms with E-state index in [1.807, 2.05) is 24.3 Å². The maximum Gasteiger partial charge on any atom is 0.226 e.